The molecule has 1 saturated carbocycles. The van der Waals surface area contributed by atoms with Crippen LogP contribution in [0.4, 0.5) is 4.39 Å². The number of nitrogens with two attached hydrogens (primary N) is 1. The zero-order valence-corrected chi connectivity index (χ0v) is 15.0. The van der Waals surface area contributed by atoms with Gasteiger partial charge in [0.15, 0.2) is 11.6 Å². The summed E-state index contributed by atoms with van der Waals surface area (Å²) < 4.78 is 19.7. The molecule has 1 amide bonds. The van der Waals surface area contributed by atoms with Gasteiger partial charge in [-0.25, -0.2) is 4.39 Å². The molecule has 0 radical (unpaired) electrons. The molecule has 1 fully saturated rings. The molecule has 0 bridgehead atoms. The quantitative estimate of drug-likeness (QED) is 0.754. The van der Waals surface area contributed by atoms with Crippen LogP contribution in [0.5, 0.6) is 5.75 Å². The molecule has 5 heteroatoms. The Morgan fingerprint density at radius 1 is 1.23 bits per heavy atom. The average Bonchev–Trinajstić information content (AvgIpc) is 3.45. The van der Waals surface area contributed by atoms with Gasteiger partial charge in [0, 0.05) is 12.5 Å². The summed E-state index contributed by atoms with van der Waals surface area (Å²) in [5.41, 5.74) is 7.69. The minimum absolute atomic E-state index is 0.164. The predicted octanol–water partition coefficient (Wildman–Crippen LogP) is 3.88. The van der Waals surface area contributed by atoms with Gasteiger partial charge in [-0.1, -0.05) is 36.4 Å². The highest BCUT2D eigenvalue weighted by Crippen LogP contribution is 2.30. The average molecular weight is 356 g/mol. The van der Waals surface area contributed by atoms with E-state index in [1.54, 1.807) is 12.1 Å². The Balaban J connectivity index is 1.54. The van der Waals surface area contributed by atoms with Gasteiger partial charge in [-0.3, -0.25) is 4.79 Å². The van der Waals surface area contributed by atoms with E-state index in [9.17, 15) is 9.18 Å². The Bertz CT molecular complexity index is 747. The summed E-state index contributed by atoms with van der Waals surface area (Å²) in [5.74, 6) is 0.278. The Labute approximate surface area is 153 Å². The van der Waals surface area contributed by atoms with Crippen molar-refractivity contribution in [1.82, 2.24) is 5.32 Å². The fourth-order valence-corrected chi connectivity index (χ4v) is 2.80. The van der Waals surface area contributed by atoms with E-state index in [1.165, 1.54) is 6.07 Å². The highest BCUT2D eigenvalue weighted by Gasteiger charge is 2.22. The molecule has 1 aliphatic carbocycles. The molecule has 2 atom stereocenters. The molecule has 0 aliphatic heterocycles. The highest BCUT2D eigenvalue weighted by molar-refractivity contribution is 5.77. The lowest BCUT2D eigenvalue weighted by Gasteiger charge is -2.17. The number of hydrogen-bond donors (Lipinski definition) is 2. The first-order valence-electron chi connectivity index (χ1n) is 9.05. The molecule has 2 aromatic carbocycles. The molecule has 0 spiro atoms. The lowest BCUT2D eigenvalue weighted by Crippen LogP contribution is -2.29. The van der Waals surface area contributed by atoms with Crippen molar-refractivity contribution in [2.75, 3.05) is 6.61 Å². The number of carbonyl (C=O) groups is 1. The number of amides is 1. The van der Waals surface area contributed by atoms with Crippen molar-refractivity contribution < 1.29 is 13.9 Å². The second-order valence-corrected chi connectivity index (χ2v) is 6.95. The van der Waals surface area contributed by atoms with E-state index >= 15 is 0 Å². The Hall–Kier alpha value is -2.40. The zero-order valence-electron chi connectivity index (χ0n) is 15.0. The monoisotopic (exact) mass is 356 g/mol. The second kappa shape index (κ2) is 8.32. The molecule has 1 aliphatic rings. The summed E-state index contributed by atoms with van der Waals surface area (Å²) in [4.78, 5) is 12.2. The van der Waals surface area contributed by atoms with Crippen LogP contribution in [-0.2, 0) is 4.79 Å². The van der Waals surface area contributed by atoms with Crippen molar-refractivity contribution in [3.63, 3.8) is 0 Å². The SMILES string of the molecule is CC(NC(=O)CC(N)c1ccccc1)c1ccc(OCC2CC2)c(F)c1. The maximum atomic E-state index is 14.2. The van der Waals surface area contributed by atoms with Crippen LogP contribution in [0.1, 0.15) is 49.4 Å². The molecule has 0 saturated heterocycles. The van der Waals surface area contributed by atoms with E-state index in [-0.39, 0.29) is 30.2 Å². The van der Waals surface area contributed by atoms with E-state index in [4.69, 9.17) is 10.5 Å². The number of rotatable bonds is 8. The van der Waals surface area contributed by atoms with Gasteiger partial charge >= 0.3 is 0 Å². The lowest BCUT2D eigenvalue weighted by atomic mass is 10.0. The maximum absolute atomic E-state index is 14.2. The first kappa shape index (κ1) is 18.4. The Morgan fingerprint density at radius 3 is 2.62 bits per heavy atom. The van der Waals surface area contributed by atoms with Crippen molar-refractivity contribution in [2.45, 2.75) is 38.3 Å². The third kappa shape index (κ3) is 5.05. The van der Waals surface area contributed by atoms with Crippen molar-refractivity contribution >= 4 is 5.91 Å². The fraction of sp³-hybridized carbons (Fsp3) is 0.381. The summed E-state index contributed by atoms with van der Waals surface area (Å²) in [6.07, 6.45) is 2.50. The van der Waals surface area contributed by atoms with Gasteiger partial charge < -0.3 is 15.8 Å². The van der Waals surface area contributed by atoms with Gasteiger partial charge in [0.2, 0.25) is 5.91 Å². The van der Waals surface area contributed by atoms with Gasteiger partial charge in [0.25, 0.3) is 0 Å². The van der Waals surface area contributed by atoms with Crippen LogP contribution in [0.3, 0.4) is 0 Å². The standard InChI is InChI=1S/C21H25FN2O2/c1-14(24-21(25)12-19(23)16-5-3-2-4-6-16)17-9-10-20(18(22)11-17)26-13-15-7-8-15/h2-6,9-11,14-15,19H,7-8,12-13,23H2,1H3,(H,24,25). The highest BCUT2D eigenvalue weighted by atomic mass is 19.1. The largest absolute Gasteiger partial charge is 0.490 e. The Morgan fingerprint density at radius 2 is 1.96 bits per heavy atom. The van der Waals surface area contributed by atoms with Gasteiger partial charge in [-0.05, 0) is 48.9 Å². The third-order valence-electron chi connectivity index (χ3n) is 4.64. The normalized spacial score (nSPS) is 16.0. The molecular formula is C21H25FN2O2. The summed E-state index contributed by atoms with van der Waals surface area (Å²) in [7, 11) is 0. The first-order valence-corrected chi connectivity index (χ1v) is 9.05. The summed E-state index contributed by atoms with van der Waals surface area (Å²) in [5, 5.41) is 2.88. The fourth-order valence-electron chi connectivity index (χ4n) is 2.80. The van der Waals surface area contributed by atoms with Crippen LogP contribution in [0.25, 0.3) is 0 Å². The van der Waals surface area contributed by atoms with Crippen LogP contribution >= 0.6 is 0 Å². The minimum atomic E-state index is -0.398. The van der Waals surface area contributed by atoms with E-state index in [1.807, 2.05) is 37.3 Å². The van der Waals surface area contributed by atoms with Crippen molar-refractivity contribution in [3.8, 4) is 5.75 Å². The van der Waals surface area contributed by atoms with E-state index in [2.05, 4.69) is 5.32 Å². The van der Waals surface area contributed by atoms with Crippen LogP contribution in [0, 0.1) is 11.7 Å². The van der Waals surface area contributed by atoms with Gasteiger partial charge in [-0.2, -0.15) is 0 Å². The molecule has 2 unspecified atom stereocenters. The number of carbonyl (C=O) groups excluding carboxylic acids is 1. The van der Waals surface area contributed by atoms with Crippen LogP contribution in [-0.4, -0.2) is 12.5 Å². The molecule has 3 N–H and O–H groups in total. The third-order valence-corrected chi connectivity index (χ3v) is 4.64. The molecule has 0 aromatic heterocycles. The summed E-state index contributed by atoms with van der Waals surface area (Å²) in [6, 6.07) is 13.7. The Kier molecular flexibility index (Phi) is 5.89. The topological polar surface area (TPSA) is 64.4 Å². The van der Waals surface area contributed by atoms with E-state index in [0.717, 1.165) is 18.4 Å². The minimum Gasteiger partial charge on any atom is -0.490 e. The first-order chi connectivity index (χ1) is 12.5. The number of nitrogens with one attached hydrogen (secondary N) is 1. The van der Waals surface area contributed by atoms with E-state index in [0.29, 0.717) is 18.1 Å². The van der Waals surface area contributed by atoms with Gasteiger partial charge in [0.1, 0.15) is 0 Å². The van der Waals surface area contributed by atoms with Gasteiger partial charge in [0.05, 0.1) is 12.6 Å². The number of halogens is 1. The molecule has 0 heterocycles. The molecule has 138 valence electrons. The van der Waals surface area contributed by atoms with E-state index < -0.39 is 5.82 Å². The molecular weight excluding hydrogens is 331 g/mol. The molecule has 3 rings (SSSR count). The smallest absolute Gasteiger partial charge is 0.222 e. The second-order valence-electron chi connectivity index (χ2n) is 6.95. The maximum Gasteiger partial charge on any atom is 0.222 e. The van der Waals surface area contributed by atoms with Crippen molar-refractivity contribution in [2.24, 2.45) is 11.7 Å². The number of benzene rings is 2. The predicted molar refractivity (Wildman–Crippen MR) is 99.2 cm³/mol. The van der Waals surface area contributed by atoms with Crippen molar-refractivity contribution in [3.05, 3.63) is 65.5 Å². The lowest BCUT2D eigenvalue weighted by molar-refractivity contribution is -0.122. The van der Waals surface area contributed by atoms with Crippen LogP contribution in [0.15, 0.2) is 48.5 Å². The number of ether oxygens (including phenoxy) is 1. The van der Waals surface area contributed by atoms with Crippen molar-refractivity contribution in [1.29, 1.82) is 0 Å². The summed E-state index contributed by atoms with van der Waals surface area (Å²) in [6.45, 7) is 2.39. The molecule has 2 aromatic rings. The zero-order chi connectivity index (χ0) is 18.5. The van der Waals surface area contributed by atoms with Gasteiger partial charge in [-0.15, -0.1) is 0 Å². The van der Waals surface area contributed by atoms with Crippen LogP contribution < -0.4 is 15.8 Å². The number of hydrogen-bond acceptors (Lipinski definition) is 3. The molecule has 26 heavy (non-hydrogen) atoms. The van der Waals surface area contributed by atoms with Crippen LogP contribution in [0.2, 0.25) is 0 Å². The molecule has 4 nitrogen and oxygen atoms in total. The summed E-state index contributed by atoms with van der Waals surface area (Å²) >= 11 is 0.